The molecule has 29 heavy (non-hydrogen) atoms. The van der Waals surface area contributed by atoms with Gasteiger partial charge < -0.3 is 14.6 Å². The van der Waals surface area contributed by atoms with Gasteiger partial charge in [-0.3, -0.25) is 4.79 Å². The zero-order valence-corrected chi connectivity index (χ0v) is 17.1. The van der Waals surface area contributed by atoms with Crippen molar-refractivity contribution in [3.63, 3.8) is 0 Å². The molecule has 0 bridgehead atoms. The van der Waals surface area contributed by atoms with E-state index < -0.39 is 0 Å². The predicted molar refractivity (Wildman–Crippen MR) is 113 cm³/mol. The van der Waals surface area contributed by atoms with Crippen LogP contribution in [-0.4, -0.2) is 36.3 Å². The Kier molecular flexibility index (Phi) is 5.59. The van der Waals surface area contributed by atoms with Crippen molar-refractivity contribution < 1.29 is 14.1 Å². The number of para-hydroxylation sites is 1. The lowest BCUT2D eigenvalue weighted by Gasteiger charge is -2.19. The molecule has 1 atom stereocenters. The van der Waals surface area contributed by atoms with Gasteiger partial charge in [0.15, 0.2) is 11.8 Å². The van der Waals surface area contributed by atoms with Crippen LogP contribution in [0.5, 0.6) is 0 Å². The Morgan fingerprint density at radius 1 is 1.17 bits per heavy atom. The Hall–Kier alpha value is -3.16. The second-order valence-corrected chi connectivity index (χ2v) is 7.94. The molecule has 1 amide bonds. The third-order valence-electron chi connectivity index (χ3n) is 4.77. The third kappa shape index (κ3) is 4.16. The summed E-state index contributed by atoms with van der Waals surface area (Å²) in [6.07, 6.45) is 1.66. The Morgan fingerprint density at radius 2 is 2.00 bits per heavy atom. The van der Waals surface area contributed by atoms with Crippen molar-refractivity contribution in [1.82, 2.24) is 15.1 Å². The molecule has 148 valence electrons. The van der Waals surface area contributed by atoms with Gasteiger partial charge in [0.25, 0.3) is 5.91 Å². The molecule has 0 spiro atoms. The fourth-order valence-electron chi connectivity index (χ4n) is 3.22. The fourth-order valence-corrected chi connectivity index (χ4v) is 3.90. The molecule has 0 radical (unpaired) electrons. The molecule has 1 aromatic carbocycles. The number of likely N-dealkylation sites (N-methyl/N-ethyl adjacent to an activating group) is 1. The van der Waals surface area contributed by atoms with E-state index in [-0.39, 0.29) is 11.9 Å². The van der Waals surface area contributed by atoms with E-state index >= 15 is 0 Å². The molecule has 2 N–H and O–H groups in total. The lowest BCUT2D eigenvalue weighted by Crippen LogP contribution is -3.07. The molecule has 0 fully saturated rings. The number of amides is 1. The van der Waals surface area contributed by atoms with Crippen LogP contribution in [0, 0.1) is 0 Å². The molecular formula is C22H23N4O2S+. The number of nitrogens with zero attached hydrogens (tertiary/aromatic N) is 2. The number of furan rings is 1. The van der Waals surface area contributed by atoms with E-state index in [1.54, 1.807) is 22.3 Å². The Balaban J connectivity index is 1.62. The molecule has 0 aliphatic rings. The molecule has 3 aromatic heterocycles. The van der Waals surface area contributed by atoms with Crippen molar-refractivity contribution in [2.24, 2.45) is 0 Å². The smallest absolute Gasteiger partial charge is 0.270 e. The summed E-state index contributed by atoms with van der Waals surface area (Å²) in [7, 11) is 4.09. The number of carbonyl (C=O) groups excluding carboxylic acids is 1. The molecule has 4 aromatic rings. The number of aromatic nitrogens is 2. The molecule has 3 heterocycles. The first-order chi connectivity index (χ1) is 14.1. The zero-order valence-electron chi connectivity index (χ0n) is 16.3. The second kappa shape index (κ2) is 8.46. The van der Waals surface area contributed by atoms with Gasteiger partial charge in [-0.25, -0.2) is 4.68 Å². The minimum atomic E-state index is -0.165. The van der Waals surface area contributed by atoms with E-state index in [1.807, 2.05) is 80.1 Å². The first-order valence-corrected chi connectivity index (χ1v) is 10.3. The van der Waals surface area contributed by atoms with E-state index in [4.69, 9.17) is 9.52 Å². The molecule has 0 saturated heterocycles. The van der Waals surface area contributed by atoms with E-state index in [0.717, 1.165) is 22.0 Å². The number of nitrogens with one attached hydrogen (secondary N) is 2. The van der Waals surface area contributed by atoms with Crippen molar-refractivity contribution in [3.05, 3.63) is 83.8 Å². The Labute approximate surface area is 173 Å². The molecule has 6 nitrogen and oxygen atoms in total. The molecule has 0 aliphatic heterocycles. The first kappa shape index (κ1) is 19.2. The third-order valence-corrected chi connectivity index (χ3v) is 5.66. The average molecular weight is 408 g/mol. The molecule has 0 aliphatic carbocycles. The normalized spacial score (nSPS) is 12.2. The van der Waals surface area contributed by atoms with Crippen LogP contribution in [0.15, 0.2) is 76.7 Å². The van der Waals surface area contributed by atoms with Gasteiger partial charge in [-0.1, -0.05) is 24.3 Å². The highest BCUT2D eigenvalue weighted by Gasteiger charge is 2.24. The molecular weight excluding hydrogens is 384 g/mol. The zero-order chi connectivity index (χ0) is 20.2. The van der Waals surface area contributed by atoms with Crippen molar-refractivity contribution in [2.75, 3.05) is 20.6 Å². The van der Waals surface area contributed by atoms with Gasteiger partial charge in [0, 0.05) is 0 Å². The van der Waals surface area contributed by atoms with Gasteiger partial charge in [-0.15, -0.1) is 11.3 Å². The fraction of sp³-hybridized carbons (Fsp3) is 0.182. The summed E-state index contributed by atoms with van der Waals surface area (Å²) in [6, 6.07) is 19.4. The van der Waals surface area contributed by atoms with E-state index in [1.165, 1.54) is 4.90 Å². The highest BCUT2D eigenvalue weighted by molar-refractivity contribution is 7.13. The monoisotopic (exact) mass is 407 g/mol. The topological polar surface area (TPSA) is 64.5 Å². The highest BCUT2D eigenvalue weighted by atomic mass is 32.1. The van der Waals surface area contributed by atoms with Crippen LogP contribution in [-0.2, 0) is 0 Å². The van der Waals surface area contributed by atoms with Gasteiger partial charge in [0.1, 0.15) is 11.4 Å². The molecule has 0 unspecified atom stereocenters. The summed E-state index contributed by atoms with van der Waals surface area (Å²) in [4.78, 5) is 15.3. The van der Waals surface area contributed by atoms with Crippen LogP contribution in [0.3, 0.4) is 0 Å². The molecule has 4 rings (SSSR count). The maximum atomic E-state index is 13.1. The van der Waals surface area contributed by atoms with E-state index in [9.17, 15) is 4.79 Å². The van der Waals surface area contributed by atoms with Gasteiger partial charge in [-0.05, 0) is 41.8 Å². The first-order valence-electron chi connectivity index (χ1n) is 9.44. The van der Waals surface area contributed by atoms with Crippen molar-refractivity contribution >= 4 is 17.2 Å². The van der Waals surface area contributed by atoms with Crippen LogP contribution < -0.4 is 10.2 Å². The Bertz CT molecular complexity index is 1050. The minimum Gasteiger partial charge on any atom is -0.463 e. The van der Waals surface area contributed by atoms with Crippen molar-refractivity contribution in [2.45, 2.75) is 6.04 Å². The van der Waals surface area contributed by atoms with Crippen molar-refractivity contribution in [1.29, 1.82) is 0 Å². The van der Waals surface area contributed by atoms with E-state index in [0.29, 0.717) is 12.2 Å². The number of hydrogen-bond acceptors (Lipinski definition) is 4. The summed E-state index contributed by atoms with van der Waals surface area (Å²) >= 11 is 1.60. The standard InChI is InChI=1S/C22H22N4O2S/c1-25(2)19(20-10-6-12-28-20)15-23-22(27)18-14-17(21-11-7-13-29-21)24-26(18)16-8-4-3-5-9-16/h3-14,19H,15H2,1-2H3,(H,23,27)/p+1/t19-/m0/s1. The van der Waals surface area contributed by atoms with Gasteiger partial charge in [0.2, 0.25) is 0 Å². The van der Waals surface area contributed by atoms with Crippen LogP contribution >= 0.6 is 11.3 Å². The molecule has 7 heteroatoms. The van der Waals surface area contributed by atoms with E-state index in [2.05, 4.69) is 5.32 Å². The second-order valence-electron chi connectivity index (χ2n) is 6.99. The maximum absolute atomic E-state index is 13.1. The Morgan fingerprint density at radius 3 is 2.66 bits per heavy atom. The number of carbonyl (C=O) groups is 1. The lowest BCUT2D eigenvalue weighted by molar-refractivity contribution is -0.891. The van der Waals surface area contributed by atoms with Gasteiger partial charge >= 0.3 is 0 Å². The largest absolute Gasteiger partial charge is 0.463 e. The van der Waals surface area contributed by atoms with Crippen LogP contribution in [0.4, 0.5) is 0 Å². The van der Waals surface area contributed by atoms with Crippen LogP contribution in [0.2, 0.25) is 0 Å². The number of quaternary nitrogens is 1. The summed E-state index contributed by atoms with van der Waals surface area (Å²) in [5, 5.41) is 9.76. The number of hydrogen-bond donors (Lipinski definition) is 2. The number of rotatable bonds is 7. The van der Waals surface area contributed by atoms with Gasteiger partial charge in [0.05, 0.1) is 37.5 Å². The molecule has 0 saturated carbocycles. The quantitative estimate of drug-likeness (QED) is 0.495. The highest BCUT2D eigenvalue weighted by Crippen LogP contribution is 2.25. The summed E-state index contributed by atoms with van der Waals surface area (Å²) < 4.78 is 7.26. The number of benzene rings is 1. The minimum absolute atomic E-state index is 0.0267. The predicted octanol–water partition coefficient (Wildman–Crippen LogP) is 2.81. The summed E-state index contributed by atoms with van der Waals surface area (Å²) in [5.74, 6) is 0.683. The summed E-state index contributed by atoms with van der Waals surface area (Å²) in [5.41, 5.74) is 2.14. The van der Waals surface area contributed by atoms with Crippen molar-refractivity contribution in [3.8, 4) is 16.3 Å². The van der Waals surface area contributed by atoms with Crippen LogP contribution in [0.25, 0.3) is 16.3 Å². The SMILES string of the molecule is C[NH+](C)[C@@H](CNC(=O)c1cc(-c2cccs2)nn1-c1ccccc1)c1ccco1. The summed E-state index contributed by atoms with van der Waals surface area (Å²) in [6.45, 7) is 0.461. The number of thiophene rings is 1. The maximum Gasteiger partial charge on any atom is 0.270 e. The lowest BCUT2D eigenvalue weighted by atomic mass is 10.2. The van der Waals surface area contributed by atoms with Gasteiger partial charge in [-0.2, -0.15) is 5.10 Å². The van der Waals surface area contributed by atoms with Crippen LogP contribution in [0.1, 0.15) is 22.3 Å². The average Bonchev–Trinajstić information content (AvgIpc) is 3.49.